The van der Waals surface area contributed by atoms with Crippen LogP contribution in [-0.2, 0) is 28.0 Å². The van der Waals surface area contributed by atoms with Crippen molar-refractivity contribution in [2.75, 3.05) is 18.0 Å². The number of amides is 4. The Balaban J connectivity index is 1.52. The molecule has 150 valence electrons. The predicted octanol–water partition coefficient (Wildman–Crippen LogP) is 3.00. The number of aryl methyl sites for hydroxylation is 1. The van der Waals surface area contributed by atoms with E-state index in [1.54, 1.807) is 11.8 Å². The summed E-state index contributed by atoms with van der Waals surface area (Å²) in [5.74, 6) is -0.646. The van der Waals surface area contributed by atoms with E-state index in [9.17, 15) is 14.4 Å². The number of fused-ring (bicyclic) bond motifs is 1. The fraction of sp³-hybridized carbons (Fsp3) is 0.348. The zero-order valence-electron chi connectivity index (χ0n) is 16.8. The Morgan fingerprint density at radius 3 is 2.55 bits per heavy atom. The first kappa shape index (κ1) is 19.2. The molecule has 6 heteroatoms. The van der Waals surface area contributed by atoms with Gasteiger partial charge in [0.25, 0.3) is 5.91 Å². The number of nitrogens with zero attached hydrogens (tertiary/aromatic N) is 2. The van der Waals surface area contributed by atoms with Crippen molar-refractivity contribution in [1.82, 2.24) is 10.2 Å². The number of urea groups is 1. The van der Waals surface area contributed by atoms with Gasteiger partial charge in [-0.15, -0.1) is 0 Å². The number of benzene rings is 2. The Kier molecular flexibility index (Phi) is 4.86. The number of hydrogen-bond donors (Lipinski definition) is 1. The minimum Gasteiger partial charge on any atom is -0.319 e. The first-order valence-corrected chi connectivity index (χ1v) is 10.1. The fourth-order valence-corrected chi connectivity index (χ4v) is 4.15. The van der Waals surface area contributed by atoms with Crippen molar-refractivity contribution in [2.24, 2.45) is 0 Å². The third kappa shape index (κ3) is 3.28. The summed E-state index contributed by atoms with van der Waals surface area (Å²) in [6, 6.07) is 14.9. The van der Waals surface area contributed by atoms with E-state index >= 15 is 0 Å². The first-order valence-electron chi connectivity index (χ1n) is 10.1. The van der Waals surface area contributed by atoms with E-state index in [0.29, 0.717) is 6.54 Å². The van der Waals surface area contributed by atoms with Crippen molar-refractivity contribution in [3.8, 4) is 0 Å². The van der Waals surface area contributed by atoms with Gasteiger partial charge in [0, 0.05) is 12.2 Å². The highest BCUT2D eigenvalue weighted by Gasteiger charge is 2.49. The van der Waals surface area contributed by atoms with Crippen LogP contribution in [0.15, 0.2) is 48.5 Å². The van der Waals surface area contributed by atoms with Crippen molar-refractivity contribution < 1.29 is 14.4 Å². The van der Waals surface area contributed by atoms with E-state index < -0.39 is 17.5 Å². The summed E-state index contributed by atoms with van der Waals surface area (Å²) in [4.78, 5) is 41.2. The maximum absolute atomic E-state index is 13.1. The Hall–Kier alpha value is -3.15. The highest BCUT2D eigenvalue weighted by Crippen LogP contribution is 2.31. The lowest BCUT2D eigenvalue weighted by Crippen LogP contribution is -2.44. The normalized spacial score (nSPS) is 20.8. The average molecular weight is 391 g/mol. The smallest absolute Gasteiger partial charge is 0.319 e. The van der Waals surface area contributed by atoms with Gasteiger partial charge in [0.15, 0.2) is 0 Å². The summed E-state index contributed by atoms with van der Waals surface area (Å²) in [6.07, 6.45) is 2.79. The van der Waals surface area contributed by atoms with E-state index in [4.69, 9.17) is 0 Å². The first-order chi connectivity index (χ1) is 13.9. The molecule has 0 radical (unpaired) electrons. The van der Waals surface area contributed by atoms with Crippen LogP contribution in [0.5, 0.6) is 0 Å². The van der Waals surface area contributed by atoms with Gasteiger partial charge in [-0.1, -0.05) is 55.8 Å². The maximum Gasteiger partial charge on any atom is 0.325 e. The second-order valence-corrected chi connectivity index (χ2v) is 7.82. The molecule has 2 aromatic carbocycles. The van der Waals surface area contributed by atoms with Crippen LogP contribution in [0.25, 0.3) is 0 Å². The molecule has 1 N–H and O–H groups in total. The van der Waals surface area contributed by atoms with Gasteiger partial charge in [-0.05, 0) is 42.5 Å². The maximum atomic E-state index is 13.1. The van der Waals surface area contributed by atoms with Gasteiger partial charge in [0.2, 0.25) is 5.91 Å². The van der Waals surface area contributed by atoms with Crippen LogP contribution in [0.3, 0.4) is 0 Å². The zero-order chi connectivity index (χ0) is 20.6. The van der Waals surface area contributed by atoms with E-state index in [-0.39, 0.29) is 12.5 Å². The molecule has 2 aliphatic rings. The summed E-state index contributed by atoms with van der Waals surface area (Å²) < 4.78 is 0. The number of anilines is 1. The molecule has 6 nitrogen and oxygen atoms in total. The van der Waals surface area contributed by atoms with Crippen LogP contribution < -0.4 is 10.2 Å². The highest BCUT2D eigenvalue weighted by molar-refractivity contribution is 6.10. The van der Waals surface area contributed by atoms with Gasteiger partial charge in [-0.25, -0.2) is 4.79 Å². The summed E-state index contributed by atoms with van der Waals surface area (Å²) >= 11 is 0. The third-order valence-electron chi connectivity index (χ3n) is 5.83. The van der Waals surface area contributed by atoms with Crippen LogP contribution >= 0.6 is 0 Å². The number of nitrogens with one attached hydrogen (secondary N) is 1. The largest absolute Gasteiger partial charge is 0.325 e. The average Bonchev–Trinajstić information content (AvgIpc) is 3.24. The third-order valence-corrected chi connectivity index (χ3v) is 5.83. The molecule has 0 bridgehead atoms. The lowest BCUT2D eigenvalue weighted by atomic mass is 9.91. The van der Waals surface area contributed by atoms with Crippen LogP contribution in [0.1, 0.15) is 37.0 Å². The molecule has 0 spiro atoms. The Bertz CT molecular complexity index is 970. The molecular formula is C23H25N3O3. The number of para-hydroxylation sites is 1. The fourth-order valence-electron chi connectivity index (χ4n) is 4.15. The van der Waals surface area contributed by atoms with E-state index in [1.165, 1.54) is 5.56 Å². The summed E-state index contributed by atoms with van der Waals surface area (Å²) in [7, 11) is 0. The highest BCUT2D eigenvalue weighted by atomic mass is 16.2. The van der Waals surface area contributed by atoms with Gasteiger partial charge in [0.05, 0.1) is 0 Å². The second-order valence-electron chi connectivity index (χ2n) is 7.82. The number of carbonyl (C=O) groups is 3. The molecule has 0 aromatic heterocycles. The van der Waals surface area contributed by atoms with Crippen molar-refractivity contribution >= 4 is 23.5 Å². The van der Waals surface area contributed by atoms with Crippen molar-refractivity contribution in [3.05, 3.63) is 65.2 Å². The SMILES string of the molecule is CCCc1ccc(C2(C)NC(=O)N(CC(=O)N3CCc4ccccc43)C2=O)cc1. The standard InChI is InChI=1S/C23H25N3O3/c1-3-6-16-9-11-18(12-10-16)23(2)21(28)26(22(29)24-23)15-20(27)25-14-13-17-7-4-5-8-19(17)25/h4-5,7-12H,3,6,13-15H2,1-2H3,(H,24,29). The van der Waals surface area contributed by atoms with Crippen LogP contribution in [0.2, 0.25) is 0 Å². The minimum atomic E-state index is -1.16. The summed E-state index contributed by atoms with van der Waals surface area (Å²) in [6.45, 7) is 4.11. The molecular weight excluding hydrogens is 366 g/mol. The summed E-state index contributed by atoms with van der Waals surface area (Å²) in [5, 5.41) is 2.78. The number of hydrogen-bond acceptors (Lipinski definition) is 3. The molecule has 2 heterocycles. The van der Waals surface area contributed by atoms with Gasteiger partial charge in [-0.2, -0.15) is 0 Å². The second kappa shape index (κ2) is 7.35. The molecule has 4 rings (SSSR count). The Labute approximate surface area is 170 Å². The van der Waals surface area contributed by atoms with Gasteiger partial charge < -0.3 is 10.2 Å². The van der Waals surface area contributed by atoms with Gasteiger partial charge in [-0.3, -0.25) is 14.5 Å². The van der Waals surface area contributed by atoms with Crippen molar-refractivity contribution in [3.63, 3.8) is 0 Å². The van der Waals surface area contributed by atoms with E-state index in [0.717, 1.165) is 41.0 Å². The summed E-state index contributed by atoms with van der Waals surface area (Å²) in [5.41, 5.74) is 2.72. The molecule has 29 heavy (non-hydrogen) atoms. The quantitative estimate of drug-likeness (QED) is 0.797. The van der Waals surface area contributed by atoms with Gasteiger partial charge >= 0.3 is 6.03 Å². The predicted molar refractivity (Wildman–Crippen MR) is 111 cm³/mol. The molecule has 1 fully saturated rings. The molecule has 2 aliphatic heterocycles. The topological polar surface area (TPSA) is 69.7 Å². The monoisotopic (exact) mass is 391 g/mol. The number of carbonyl (C=O) groups excluding carboxylic acids is 3. The van der Waals surface area contributed by atoms with Crippen LogP contribution in [0, 0.1) is 0 Å². The Morgan fingerprint density at radius 2 is 1.83 bits per heavy atom. The van der Waals surface area contributed by atoms with E-state index in [2.05, 4.69) is 12.2 Å². The van der Waals surface area contributed by atoms with Crippen LogP contribution in [0.4, 0.5) is 10.5 Å². The molecule has 1 atom stereocenters. The molecule has 0 saturated carbocycles. The molecule has 0 aliphatic carbocycles. The van der Waals surface area contributed by atoms with Crippen molar-refractivity contribution in [1.29, 1.82) is 0 Å². The van der Waals surface area contributed by atoms with Crippen LogP contribution in [-0.4, -0.2) is 35.8 Å². The zero-order valence-corrected chi connectivity index (χ0v) is 16.8. The molecule has 1 unspecified atom stereocenters. The molecule has 2 aromatic rings. The number of rotatable bonds is 5. The lowest BCUT2D eigenvalue weighted by molar-refractivity contribution is -0.134. The van der Waals surface area contributed by atoms with Crippen molar-refractivity contribution in [2.45, 2.75) is 38.6 Å². The van der Waals surface area contributed by atoms with Gasteiger partial charge in [0.1, 0.15) is 12.1 Å². The molecule has 4 amide bonds. The van der Waals surface area contributed by atoms with E-state index in [1.807, 2.05) is 48.5 Å². The lowest BCUT2D eigenvalue weighted by Gasteiger charge is -2.23. The Morgan fingerprint density at radius 1 is 1.10 bits per heavy atom. The number of imide groups is 1. The molecule has 1 saturated heterocycles. The minimum absolute atomic E-state index is 0.249.